The maximum Gasteiger partial charge on any atom is 0.266 e. The summed E-state index contributed by atoms with van der Waals surface area (Å²) in [5.41, 5.74) is 3.17. The number of halogens is 1. The number of aryl methyl sites for hydroxylation is 3. The van der Waals surface area contributed by atoms with E-state index in [0.717, 1.165) is 34.3 Å². The smallest absolute Gasteiger partial charge is 0.266 e. The average molecular weight is 439 g/mol. The second-order valence-corrected chi connectivity index (χ2v) is 8.28. The van der Waals surface area contributed by atoms with E-state index in [1.807, 2.05) is 30.7 Å². The van der Waals surface area contributed by atoms with Crippen molar-refractivity contribution < 1.29 is 13.9 Å². The second-order valence-electron chi connectivity index (χ2n) is 7.27. The van der Waals surface area contributed by atoms with Gasteiger partial charge in [-0.05, 0) is 49.6 Å². The van der Waals surface area contributed by atoms with Crippen molar-refractivity contribution in [2.75, 3.05) is 18.1 Å². The summed E-state index contributed by atoms with van der Waals surface area (Å²) in [5.74, 6) is -0.694. The van der Waals surface area contributed by atoms with E-state index in [0.29, 0.717) is 11.7 Å². The van der Waals surface area contributed by atoms with Crippen molar-refractivity contribution in [3.8, 4) is 5.75 Å². The Morgan fingerprint density at radius 3 is 2.84 bits per heavy atom. The van der Waals surface area contributed by atoms with E-state index in [1.165, 1.54) is 23.5 Å². The van der Waals surface area contributed by atoms with Crippen molar-refractivity contribution in [1.29, 1.82) is 0 Å². The molecule has 4 aromatic rings. The van der Waals surface area contributed by atoms with Crippen molar-refractivity contribution >= 4 is 32.6 Å². The van der Waals surface area contributed by atoms with Gasteiger partial charge in [-0.25, -0.2) is 14.4 Å². The van der Waals surface area contributed by atoms with Gasteiger partial charge in [-0.1, -0.05) is 29.5 Å². The molecule has 6 nitrogen and oxygen atoms in total. The Kier molecular flexibility index (Phi) is 6.27. The predicted octanol–water partition coefficient (Wildman–Crippen LogP) is 4.75. The van der Waals surface area contributed by atoms with Gasteiger partial charge < -0.3 is 9.30 Å². The van der Waals surface area contributed by atoms with Crippen LogP contribution in [-0.2, 0) is 11.3 Å². The first-order valence-corrected chi connectivity index (χ1v) is 10.8. The van der Waals surface area contributed by atoms with Gasteiger partial charge >= 0.3 is 0 Å². The van der Waals surface area contributed by atoms with Gasteiger partial charge in [0.05, 0.1) is 16.5 Å². The topological polar surface area (TPSA) is 60.2 Å². The number of fused-ring (bicyclic) bond motifs is 1. The normalized spacial score (nSPS) is 11.1. The van der Waals surface area contributed by atoms with Crippen molar-refractivity contribution in [1.82, 2.24) is 14.5 Å². The molecule has 0 fully saturated rings. The van der Waals surface area contributed by atoms with E-state index in [-0.39, 0.29) is 18.3 Å². The molecule has 2 aromatic carbocycles. The monoisotopic (exact) mass is 438 g/mol. The number of nitrogens with zero attached hydrogens (tertiary/aromatic N) is 4. The molecule has 160 valence electrons. The number of aromatic nitrogens is 3. The lowest BCUT2D eigenvalue weighted by atomic mass is 10.1. The molecule has 0 N–H and O–H groups in total. The molecule has 2 aromatic heterocycles. The molecule has 4 rings (SSSR count). The van der Waals surface area contributed by atoms with Crippen molar-refractivity contribution in [2.45, 2.75) is 26.8 Å². The van der Waals surface area contributed by atoms with Crippen molar-refractivity contribution in [3.63, 3.8) is 0 Å². The Labute approximate surface area is 183 Å². The molecule has 0 bridgehead atoms. The van der Waals surface area contributed by atoms with Crippen LogP contribution in [0.15, 0.2) is 55.1 Å². The van der Waals surface area contributed by atoms with Gasteiger partial charge in [0, 0.05) is 25.5 Å². The van der Waals surface area contributed by atoms with Crippen LogP contribution in [0.2, 0.25) is 0 Å². The first-order valence-electron chi connectivity index (χ1n) is 10.0. The number of carbonyl (C=O) groups excluding carboxylic acids is 1. The molecule has 0 aliphatic carbocycles. The lowest BCUT2D eigenvalue weighted by Gasteiger charge is -2.20. The Hall–Kier alpha value is -3.26. The summed E-state index contributed by atoms with van der Waals surface area (Å²) in [6.07, 6.45) is 6.08. The van der Waals surface area contributed by atoms with Crippen molar-refractivity contribution in [3.05, 3.63) is 72.1 Å². The standard InChI is InChI=1S/C23H23FN4O2S/c1-16-8-9-20-22(17(16)2)26-23(31-20)28(12-5-11-27-13-10-25-15-27)21(29)14-30-19-7-4-3-6-18(19)24/h3-4,6-10,13,15H,5,11-12,14H2,1-2H3. The number of thiazole rings is 1. The third-order valence-electron chi connectivity index (χ3n) is 5.15. The predicted molar refractivity (Wildman–Crippen MR) is 120 cm³/mol. The molecule has 1 amide bonds. The van der Waals surface area contributed by atoms with E-state index in [9.17, 15) is 9.18 Å². The quantitative estimate of drug-likeness (QED) is 0.398. The molecular weight excluding hydrogens is 415 g/mol. The van der Waals surface area contributed by atoms with Crippen molar-refractivity contribution in [2.24, 2.45) is 0 Å². The van der Waals surface area contributed by atoms with Crippen LogP contribution in [0.5, 0.6) is 5.75 Å². The summed E-state index contributed by atoms with van der Waals surface area (Å²) in [6, 6.07) is 10.2. The number of imidazole rings is 1. The van der Waals surface area contributed by atoms with E-state index in [1.54, 1.807) is 29.6 Å². The second kappa shape index (κ2) is 9.26. The molecule has 0 aliphatic rings. The van der Waals surface area contributed by atoms with Gasteiger partial charge in [-0.3, -0.25) is 9.69 Å². The van der Waals surface area contributed by atoms with Crippen LogP contribution in [0.4, 0.5) is 9.52 Å². The zero-order chi connectivity index (χ0) is 21.8. The van der Waals surface area contributed by atoms with Crippen LogP contribution < -0.4 is 9.64 Å². The number of hydrogen-bond acceptors (Lipinski definition) is 5. The molecule has 0 aliphatic heterocycles. The highest BCUT2D eigenvalue weighted by Gasteiger charge is 2.21. The molecule has 0 saturated carbocycles. The lowest BCUT2D eigenvalue weighted by Crippen LogP contribution is -2.36. The number of carbonyl (C=O) groups is 1. The Morgan fingerprint density at radius 1 is 1.23 bits per heavy atom. The fourth-order valence-electron chi connectivity index (χ4n) is 3.27. The molecule has 0 saturated heterocycles. The molecule has 2 heterocycles. The number of anilines is 1. The summed E-state index contributed by atoms with van der Waals surface area (Å²) < 4.78 is 22.3. The highest BCUT2D eigenvalue weighted by atomic mass is 32.1. The lowest BCUT2D eigenvalue weighted by molar-refractivity contribution is -0.120. The van der Waals surface area contributed by atoms with Gasteiger partial charge in [-0.15, -0.1) is 0 Å². The van der Waals surface area contributed by atoms with Crippen LogP contribution in [-0.4, -0.2) is 33.6 Å². The summed E-state index contributed by atoms with van der Waals surface area (Å²) in [6.45, 7) is 5.01. The summed E-state index contributed by atoms with van der Waals surface area (Å²) in [5, 5.41) is 0.622. The highest BCUT2D eigenvalue weighted by Crippen LogP contribution is 2.32. The fourth-order valence-corrected chi connectivity index (χ4v) is 4.33. The van der Waals surface area contributed by atoms with E-state index in [2.05, 4.69) is 11.1 Å². The number of hydrogen-bond donors (Lipinski definition) is 0. The minimum absolute atomic E-state index is 0.0602. The van der Waals surface area contributed by atoms with Gasteiger partial charge in [0.25, 0.3) is 5.91 Å². The van der Waals surface area contributed by atoms with E-state index < -0.39 is 5.82 Å². The van der Waals surface area contributed by atoms with Crippen LogP contribution in [0, 0.1) is 19.7 Å². The first kappa shape index (κ1) is 21.0. The number of rotatable bonds is 8. The minimum Gasteiger partial charge on any atom is -0.481 e. The van der Waals surface area contributed by atoms with Gasteiger partial charge in [0.15, 0.2) is 23.3 Å². The van der Waals surface area contributed by atoms with Gasteiger partial charge in [0.1, 0.15) is 0 Å². The third kappa shape index (κ3) is 4.74. The first-order chi connectivity index (χ1) is 15.0. The average Bonchev–Trinajstić information content (AvgIpc) is 3.43. The third-order valence-corrected chi connectivity index (χ3v) is 6.19. The Morgan fingerprint density at radius 2 is 2.06 bits per heavy atom. The van der Waals surface area contributed by atoms with Crippen LogP contribution in [0.1, 0.15) is 17.5 Å². The molecule has 0 atom stereocenters. The molecule has 31 heavy (non-hydrogen) atoms. The van der Waals surface area contributed by atoms with Crippen LogP contribution >= 0.6 is 11.3 Å². The number of benzene rings is 2. The minimum atomic E-state index is -0.493. The number of amides is 1. The molecule has 0 radical (unpaired) electrons. The summed E-state index contributed by atoms with van der Waals surface area (Å²) >= 11 is 1.47. The Bertz CT molecular complexity index is 1190. The highest BCUT2D eigenvalue weighted by molar-refractivity contribution is 7.22. The molecule has 0 spiro atoms. The maximum absolute atomic E-state index is 13.9. The fraction of sp³-hybridized carbons (Fsp3) is 0.261. The van der Waals surface area contributed by atoms with E-state index in [4.69, 9.17) is 9.72 Å². The van der Waals surface area contributed by atoms with Crippen LogP contribution in [0.3, 0.4) is 0 Å². The maximum atomic E-state index is 13.9. The van der Waals surface area contributed by atoms with E-state index >= 15 is 0 Å². The van der Waals surface area contributed by atoms with Gasteiger partial charge in [-0.2, -0.15) is 0 Å². The summed E-state index contributed by atoms with van der Waals surface area (Å²) in [4.78, 5) is 23.5. The molecule has 8 heteroatoms. The molecular formula is C23H23FN4O2S. The zero-order valence-corrected chi connectivity index (χ0v) is 18.2. The van der Waals surface area contributed by atoms with Gasteiger partial charge in [0.2, 0.25) is 0 Å². The Balaban J connectivity index is 1.55. The molecule has 0 unspecified atom stereocenters. The summed E-state index contributed by atoms with van der Waals surface area (Å²) in [7, 11) is 0. The number of ether oxygens (including phenoxy) is 1. The SMILES string of the molecule is Cc1ccc2sc(N(CCCn3ccnc3)C(=O)COc3ccccc3F)nc2c1C. The number of para-hydroxylation sites is 1. The largest absolute Gasteiger partial charge is 0.481 e. The zero-order valence-electron chi connectivity index (χ0n) is 17.4. The van der Waals surface area contributed by atoms with Crippen LogP contribution in [0.25, 0.3) is 10.2 Å².